The lowest BCUT2D eigenvalue weighted by Crippen LogP contribution is -2.16. The van der Waals surface area contributed by atoms with E-state index in [-0.39, 0.29) is 17.1 Å². The van der Waals surface area contributed by atoms with E-state index in [1.807, 2.05) is 0 Å². The van der Waals surface area contributed by atoms with Crippen molar-refractivity contribution in [3.8, 4) is 5.75 Å². The van der Waals surface area contributed by atoms with E-state index in [0.29, 0.717) is 40.4 Å². The van der Waals surface area contributed by atoms with Gasteiger partial charge in [-0.1, -0.05) is 48.5 Å². The summed E-state index contributed by atoms with van der Waals surface area (Å²) in [5.41, 5.74) is 2.53. The molecule has 0 amide bonds. The van der Waals surface area contributed by atoms with E-state index < -0.39 is 17.6 Å². The molecule has 0 spiro atoms. The van der Waals surface area contributed by atoms with Crippen molar-refractivity contribution < 1.29 is 22.5 Å². The van der Waals surface area contributed by atoms with Crippen LogP contribution in [0.3, 0.4) is 0 Å². The van der Waals surface area contributed by atoms with Crippen molar-refractivity contribution in [3.63, 3.8) is 0 Å². The van der Waals surface area contributed by atoms with Crippen LogP contribution < -0.4 is 4.74 Å². The van der Waals surface area contributed by atoms with Gasteiger partial charge < -0.3 is 9.53 Å². The van der Waals surface area contributed by atoms with Crippen LogP contribution in [0, 0.1) is 11.6 Å². The Labute approximate surface area is 170 Å². The van der Waals surface area contributed by atoms with Gasteiger partial charge in [0.05, 0.1) is 5.92 Å². The van der Waals surface area contributed by atoms with Gasteiger partial charge in [0.2, 0.25) is 0 Å². The van der Waals surface area contributed by atoms with Crippen molar-refractivity contribution in [1.29, 1.82) is 0 Å². The maximum Gasteiger partial charge on any atom is 0.463 e. The molecule has 0 radical (unpaired) electrons. The van der Waals surface area contributed by atoms with E-state index in [1.165, 1.54) is 24.3 Å². The quantitative estimate of drug-likeness (QED) is 0.433. The molecule has 0 saturated heterocycles. The minimum atomic E-state index is -0.817. The van der Waals surface area contributed by atoms with E-state index in [1.54, 1.807) is 42.5 Å². The molecule has 144 valence electrons. The minimum absolute atomic E-state index is 0.219. The van der Waals surface area contributed by atoms with Crippen LogP contribution in [0.15, 0.2) is 66.7 Å². The van der Waals surface area contributed by atoms with Gasteiger partial charge in [0.1, 0.15) is 29.4 Å². The van der Waals surface area contributed by atoms with Crippen molar-refractivity contribution in [2.75, 3.05) is 0 Å². The number of hydrogen-bond donors (Lipinski definition) is 0. The predicted molar refractivity (Wildman–Crippen MR) is 107 cm³/mol. The Morgan fingerprint density at radius 3 is 2.45 bits per heavy atom. The summed E-state index contributed by atoms with van der Waals surface area (Å²) in [5, 5.41) is 0. The number of benzene rings is 3. The number of rotatable bonds is 5. The largest absolute Gasteiger partial charge is 0.463 e. The van der Waals surface area contributed by atoms with Crippen molar-refractivity contribution in [2.45, 2.75) is 11.7 Å². The molecule has 29 heavy (non-hydrogen) atoms. The van der Waals surface area contributed by atoms with E-state index in [4.69, 9.17) is 4.74 Å². The van der Waals surface area contributed by atoms with Gasteiger partial charge in [-0.2, -0.15) is 0 Å². The van der Waals surface area contributed by atoms with Crippen LogP contribution in [0.1, 0.15) is 28.2 Å². The number of allylic oxidation sites excluding steroid dienone is 1. The number of carbonyl (C=O) groups is 1. The van der Waals surface area contributed by atoms with Gasteiger partial charge in [0, 0.05) is 38.1 Å². The van der Waals surface area contributed by atoms with Gasteiger partial charge in [0.15, 0.2) is 0 Å². The Balaban J connectivity index is 1.95. The number of fused-ring (bicyclic) bond motifs is 1. The summed E-state index contributed by atoms with van der Waals surface area (Å²) in [7, 11) is 0. The van der Waals surface area contributed by atoms with Crippen LogP contribution in [-0.4, -0.2) is 6.29 Å². The Morgan fingerprint density at radius 1 is 1.00 bits per heavy atom. The highest BCUT2D eigenvalue weighted by Crippen LogP contribution is 2.46. The van der Waals surface area contributed by atoms with Gasteiger partial charge in [-0.3, -0.25) is 0 Å². The first-order valence-electron chi connectivity index (χ1n) is 8.88. The lowest BCUT2D eigenvalue weighted by atomic mass is 9.83. The second-order valence-corrected chi connectivity index (χ2v) is 7.10. The summed E-state index contributed by atoms with van der Waals surface area (Å²) in [6, 6.07) is 17.1. The number of ether oxygens (including phenoxy) is 1. The molecule has 0 N–H and O–H groups in total. The van der Waals surface area contributed by atoms with Crippen LogP contribution >= 0.6 is 0 Å². The Morgan fingerprint density at radius 2 is 1.76 bits per heavy atom. The molecule has 1 unspecified atom stereocenters. The smallest absolute Gasteiger partial charge is 0.456 e. The van der Waals surface area contributed by atoms with Gasteiger partial charge >= 0.3 is 11.7 Å². The molecule has 0 aliphatic carbocycles. The van der Waals surface area contributed by atoms with Gasteiger partial charge in [0.25, 0.3) is 5.75 Å². The lowest BCUT2D eigenvalue weighted by molar-refractivity contribution is -0.108. The molecule has 0 aromatic heterocycles. The summed E-state index contributed by atoms with van der Waals surface area (Å²) in [6.07, 6.45) is 0.712. The third kappa shape index (κ3) is 3.59. The summed E-state index contributed by atoms with van der Waals surface area (Å²) in [5.74, 6) is -0.984. The molecular weight excluding hydrogens is 394 g/mol. The minimum Gasteiger partial charge on any atom is -0.456 e. The maximum atomic E-state index is 14.7. The molecule has 1 aliphatic rings. The highest BCUT2D eigenvalue weighted by molar-refractivity contribution is 7.64. The first-order chi connectivity index (χ1) is 14.1. The normalized spacial score (nSPS) is 15.4. The Hall–Kier alpha value is -3.25. The van der Waals surface area contributed by atoms with Crippen molar-refractivity contribution >= 4 is 29.3 Å². The Bertz CT molecular complexity index is 1120. The zero-order chi connectivity index (χ0) is 20.4. The van der Waals surface area contributed by atoms with Gasteiger partial charge in [-0.05, 0) is 12.1 Å². The maximum absolute atomic E-state index is 14.7. The third-order valence-electron chi connectivity index (χ3n) is 4.82. The van der Waals surface area contributed by atoms with Crippen LogP contribution in [0.5, 0.6) is 5.75 Å². The molecule has 3 nitrogen and oxygen atoms in total. The molecule has 3 aromatic carbocycles. The van der Waals surface area contributed by atoms with Crippen LogP contribution in [0.25, 0.3) is 11.3 Å². The Kier molecular flexibility index (Phi) is 5.27. The van der Waals surface area contributed by atoms with Gasteiger partial charge in [-0.25, -0.2) is 8.78 Å². The molecule has 0 fully saturated rings. The molecule has 0 bridgehead atoms. The second kappa shape index (κ2) is 8.01. The summed E-state index contributed by atoms with van der Waals surface area (Å²) >= 11 is 0.461. The van der Waals surface area contributed by atoms with Crippen LogP contribution in [0.2, 0.25) is 0 Å². The van der Waals surface area contributed by atoms with E-state index in [2.05, 4.69) is 0 Å². The lowest BCUT2D eigenvalue weighted by Gasteiger charge is -2.28. The second-order valence-electron chi connectivity index (χ2n) is 6.58. The third-order valence-corrected chi connectivity index (χ3v) is 5.27. The zero-order valence-electron chi connectivity index (χ0n) is 15.1. The number of halogens is 2. The van der Waals surface area contributed by atoms with Gasteiger partial charge in [-0.15, -0.1) is 0 Å². The average Bonchev–Trinajstić information content (AvgIpc) is 2.73. The number of carbonyl (C=O) groups excluding carboxylic acids is 1. The van der Waals surface area contributed by atoms with Crippen molar-refractivity contribution in [2.24, 2.45) is 0 Å². The molecular formula is C23H15F2O3S+. The highest BCUT2D eigenvalue weighted by Gasteiger charge is 2.33. The zero-order valence-corrected chi connectivity index (χ0v) is 15.9. The molecule has 3 aromatic rings. The first-order valence-corrected chi connectivity index (χ1v) is 9.79. The number of hydrogen-bond acceptors (Lipinski definition) is 3. The molecule has 0 saturated carbocycles. The fraction of sp³-hybridized carbons (Fsp3) is 0.0870. The van der Waals surface area contributed by atoms with Crippen molar-refractivity contribution in [3.05, 3.63) is 101 Å². The molecule has 6 heteroatoms. The molecule has 1 heterocycles. The van der Waals surface area contributed by atoms with E-state index >= 15 is 0 Å². The molecule has 4 rings (SSSR count). The standard InChI is InChI=1S/C23H15F2O3S/c24-16-9-10-17-19(12-26)22(18-3-1-2-4-20(18)25)23(28-21(17)11-16)15-7-5-14(6-8-15)13-29-27/h1-12,19H,13H2/q+1. The number of aldehydes is 1. The fourth-order valence-electron chi connectivity index (χ4n) is 3.46. The van der Waals surface area contributed by atoms with Crippen LogP contribution in [0.4, 0.5) is 8.78 Å². The SMILES string of the molecule is O=CC1C(c2ccccc2F)=C(c2ccc(C[S+]=O)cc2)Oc2cc(F)ccc21. The first kappa shape index (κ1) is 19.1. The topological polar surface area (TPSA) is 43.4 Å². The monoisotopic (exact) mass is 409 g/mol. The predicted octanol–water partition coefficient (Wildman–Crippen LogP) is 5.14. The average molecular weight is 409 g/mol. The van der Waals surface area contributed by atoms with Crippen LogP contribution in [-0.2, 0) is 26.4 Å². The van der Waals surface area contributed by atoms with E-state index in [9.17, 15) is 17.8 Å². The molecule has 1 aliphatic heterocycles. The summed E-state index contributed by atoms with van der Waals surface area (Å²) < 4.78 is 45.3. The molecule has 1 atom stereocenters. The fourth-order valence-corrected chi connectivity index (χ4v) is 3.79. The summed E-state index contributed by atoms with van der Waals surface area (Å²) in [6.45, 7) is 0. The van der Waals surface area contributed by atoms with E-state index in [0.717, 1.165) is 5.56 Å². The summed E-state index contributed by atoms with van der Waals surface area (Å²) in [4.78, 5) is 12.1. The van der Waals surface area contributed by atoms with Crippen molar-refractivity contribution in [1.82, 2.24) is 0 Å². The highest BCUT2D eigenvalue weighted by atomic mass is 32.1.